The molecule has 1 aliphatic heterocycles. The Morgan fingerprint density at radius 3 is 2.61 bits per heavy atom. The maximum atomic E-state index is 12.0. The Labute approximate surface area is 166 Å². The van der Waals surface area contributed by atoms with Crippen LogP contribution in [0.1, 0.15) is 52.0 Å². The van der Waals surface area contributed by atoms with Gasteiger partial charge in [0.1, 0.15) is 12.3 Å². The molecule has 1 fully saturated rings. The van der Waals surface area contributed by atoms with E-state index in [1.165, 1.54) is 6.07 Å². The predicted molar refractivity (Wildman–Crippen MR) is 105 cm³/mol. The number of esters is 1. The van der Waals surface area contributed by atoms with Gasteiger partial charge >= 0.3 is 16.2 Å². The number of benzene rings is 1. The third kappa shape index (κ3) is 5.37. The number of ether oxygens (including phenoxy) is 1. The minimum absolute atomic E-state index is 0.0966. The van der Waals surface area contributed by atoms with E-state index in [1.807, 2.05) is 18.6 Å². The molecule has 0 unspecified atom stereocenters. The molecule has 1 aliphatic rings. The molecule has 0 radical (unpaired) electrons. The first-order valence-corrected chi connectivity index (χ1v) is 10.8. The van der Waals surface area contributed by atoms with Crippen molar-refractivity contribution >= 4 is 27.8 Å². The van der Waals surface area contributed by atoms with Crippen LogP contribution >= 0.6 is 0 Å². The van der Waals surface area contributed by atoms with Gasteiger partial charge in [-0.05, 0) is 57.7 Å². The predicted octanol–water partition coefficient (Wildman–Crippen LogP) is 2.27. The van der Waals surface area contributed by atoms with Crippen LogP contribution in [0.15, 0.2) is 18.2 Å². The first kappa shape index (κ1) is 22.0. The maximum absolute atomic E-state index is 12.0. The highest BCUT2D eigenvalue weighted by molar-refractivity contribution is 7.92. The number of hydrogen-bond donors (Lipinski definition) is 2. The highest BCUT2D eigenvalue weighted by Gasteiger charge is 2.35. The molecule has 1 amide bonds. The van der Waals surface area contributed by atoms with Crippen LogP contribution in [0.25, 0.3) is 0 Å². The number of rotatable bonds is 9. The van der Waals surface area contributed by atoms with Crippen molar-refractivity contribution < 1.29 is 27.9 Å². The number of phenolic OH excluding ortho intramolecular Hbond substituents is 1. The number of unbranched alkanes of at least 4 members (excludes halogenated alkanes) is 2. The second-order valence-electron chi connectivity index (χ2n) is 7.52. The molecule has 1 saturated heterocycles. The van der Waals surface area contributed by atoms with Gasteiger partial charge in [0.25, 0.3) is 5.91 Å². The van der Waals surface area contributed by atoms with Crippen molar-refractivity contribution in [1.82, 2.24) is 4.72 Å². The monoisotopic (exact) mass is 412 g/mol. The molecule has 1 aromatic carbocycles. The van der Waals surface area contributed by atoms with Crippen LogP contribution in [0.2, 0.25) is 0 Å². The van der Waals surface area contributed by atoms with Gasteiger partial charge in [-0.25, -0.2) is 9.03 Å². The summed E-state index contributed by atoms with van der Waals surface area (Å²) in [6, 6.07) is 4.77. The van der Waals surface area contributed by atoms with Crippen molar-refractivity contribution in [3.05, 3.63) is 23.8 Å². The Morgan fingerprint density at radius 1 is 1.29 bits per heavy atom. The number of carbonyl (C=O) groups excluding carboxylic acids is 2. The molecule has 2 rings (SSSR count). The first-order valence-electron chi connectivity index (χ1n) is 9.39. The third-order valence-electron chi connectivity index (χ3n) is 4.72. The van der Waals surface area contributed by atoms with Crippen molar-refractivity contribution in [2.75, 3.05) is 17.5 Å². The smallest absolute Gasteiger partial charge is 0.326 e. The summed E-state index contributed by atoms with van der Waals surface area (Å²) in [6.07, 6.45) is 4.05. The molecule has 0 aromatic heterocycles. The van der Waals surface area contributed by atoms with Gasteiger partial charge < -0.3 is 9.84 Å². The minimum Gasteiger partial charge on any atom is -0.506 e. The molecule has 156 valence electrons. The van der Waals surface area contributed by atoms with Crippen LogP contribution in [0, 0.1) is 5.41 Å². The fourth-order valence-electron chi connectivity index (χ4n) is 3.09. The van der Waals surface area contributed by atoms with Crippen LogP contribution < -0.4 is 9.03 Å². The van der Waals surface area contributed by atoms with E-state index in [2.05, 4.69) is 0 Å². The number of nitrogens with one attached hydrogen (secondary N) is 1. The summed E-state index contributed by atoms with van der Waals surface area (Å²) in [4.78, 5) is 23.3. The van der Waals surface area contributed by atoms with Crippen molar-refractivity contribution in [1.29, 1.82) is 0 Å². The lowest BCUT2D eigenvalue weighted by atomic mass is 9.87. The molecule has 28 heavy (non-hydrogen) atoms. The Balaban J connectivity index is 1.91. The summed E-state index contributed by atoms with van der Waals surface area (Å²) in [5.74, 6) is -1.01. The number of nitrogens with zero attached hydrogens (tertiary/aromatic N) is 1. The van der Waals surface area contributed by atoms with E-state index >= 15 is 0 Å². The number of anilines is 1. The van der Waals surface area contributed by atoms with Crippen LogP contribution in [-0.2, 0) is 31.0 Å². The molecule has 0 spiro atoms. The van der Waals surface area contributed by atoms with Gasteiger partial charge in [-0.1, -0.05) is 18.9 Å². The van der Waals surface area contributed by atoms with Gasteiger partial charge in [0.15, 0.2) is 0 Å². The van der Waals surface area contributed by atoms with Crippen LogP contribution in [0.5, 0.6) is 5.75 Å². The summed E-state index contributed by atoms with van der Waals surface area (Å²) in [5, 5.41) is 10.0. The van der Waals surface area contributed by atoms with Gasteiger partial charge in [-0.2, -0.15) is 8.42 Å². The SMILES string of the molecule is CCOC(=O)C(C)(C)CCCCCc1ccc(O)c(N2CC(=O)NS2(=O)=O)c1. The van der Waals surface area contributed by atoms with Gasteiger partial charge in [-0.3, -0.25) is 9.59 Å². The summed E-state index contributed by atoms with van der Waals surface area (Å²) in [7, 11) is -3.96. The first-order chi connectivity index (χ1) is 13.1. The highest BCUT2D eigenvalue weighted by Crippen LogP contribution is 2.32. The minimum atomic E-state index is -3.96. The molecule has 2 N–H and O–H groups in total. The van der Waals surface area contributed by atoms with Crippen LogP contribution in [-0.4, -0.2) is 38.6 Å². The normalized spacial score (nSPS) is 16.1. The highest BCUT2D eigenvalue weighted by atomic mass is 32.2. The molecule has 0 bridgehead atoms. The fraction of sp³-hybridized carbons (Fsp3) is 0.579. The van der Waals surface area contributed by atoms with Crippen LogP contribution in [0.4, 0.5) is 5.69 Å². The number of aromatic hydroxyl groups is 1. The molecule has 0 saturated carbocycles. The number of phenols is 1. The van der Waals surface area contributed by atoms with E-state index in [4.69, 9.17) is 4.74 Å². The van der Waals surface area contributed by atoms with Gasteiger partial charge in [-0.15, -0.1) is 0 Å². The molecule has 0 aliphatic carbocycles. The van der Waals surface area contributed by atoms with E-state index in [9.17, 15) is 23.1 Å². The third-order valence-corrected chi connectivity index (χ3v) is 6.12. The number of carbonyl (C=O) groups is 2. The standard InChI is InChI=1S/C19H28N2O6S/c1-4-27-18(24)19(2,3)11-7-5-6-8-14-9-10-16(22)15(12-14)21-13-17(23)20-28(21,25)26/h9-10,12,22H,4-8,11,13H2,1-3H3,(H,20,23). The second-order valence-corrected chi connectivity index (χ2v) is 9.12. The Morgan fingerprint density at radius 2 is 2.00 bits per heavy atom. The molecule has 8 nitrogen and oxygen atoms in total. The zero-order valence-electron chi connectivity index (χ0n) is 16.5. The molecule has 9 heteroatoms. The number of hydrogen-bond acceptors (Lipinski definition) is 6. The van der Waals surface area contributed by atoms with Gasteiger partial charge in [0.2, 0.25) is 0 Å². The van der Waals surface area contributed by atoms with E-state index in [-0.39, 0.29) is 24.0 Å². The summed E-state index contributed by atoms with van der Waals surface area (Å²) >= 11 is 0. The zero-order valence-corrected chi connectivity index (χ0v) is 17.3. The van der Waals surface area contributed by atoms with Crippen molar-refractivity contribution in [3.8, 4) is 5.75 Å². The average Bonchev–Trinajstić information content (AvgIpc) is 2.88. The molecular weight excluding hydrogens is 384 g/mol. The van der Waals surface area contributed by atoms with Crippen molar-refractivity contribution in [2.45, 2.75) is 52.9 Å². The number of aryl methyl sites for hydroxylation is 1. The Kier molecular flexibility index (Phi) is 6.92. The van der Waals surface area contributed by atoms with Gasteiger partial charge in [0.05, 0.1) is 17.7 Å². The van der Waals surface area contributed by atoms with Crippen LogP contribution in [0.3, 0.4) is 0 Å². The van der Waals surface area contributed by atoms with Crippen molar-refractivity contribution in [2.24, 2.45) is 5.41 Å². The van der Waals surface area contributed by atoms with E-state index < -0.39 is 21.5 Å². The molecule has 1 aromatic rings. The Hall–Kier alpha value is -2.29. The average molecular weight is 413 g/mol. The van der Waals surface area contributed by atoms with E-state index in [0.29, 0.717) is 13.0 Å². The summed E-state index contributed by atoms with van der Waals surface area (Å²) < 4.78 is 31.8. The zero-order chi connectivity index (χ0) is 20.9. The van der Waals surface area contributed by atoms with Crippen molar-refractivity contribution in [3.63, 3.8) is 0 Å². The van der Waals surface area contributed by atoms with E-state index in [0.717, 1.165) is 35.6 Å². The maximum Gasteiger partial charge on any atom is 0.326 e. The second kappa shape index (κ2) is 8.81. The largest absolute Gasteiger partial charge is 0.506 e. The lowest BCUT2D eigenvalue weighted by molar-refractivity contribution is -0.153. The van der Waals surface area contributed by atoms with Gasteiger partial charge in [0, 0.05) is 0 Å². The Bertz CT molecular complexity index is 835. The summed E-state index contributed by atoms with van der Waals surface area (Å²) in [5.41, 5.74) is 0.456. The molecule has 0 atom stereocenters. The molecule has 1 heterocycles. The quantitative estimate of drug-likeness (QED) is 0.475. The fourth-order valence-corrected chi connectivity index (χ4v) is 4.24. The molecular formula is C19H28N2O6S. The lowest BCUT2D eigenvalue weighted by Crippen LogP contribution is -2.29. The lowest BCUT2D eigenvalue weighted by Gasteiger charge is -2.22. The number of amides is 1. The topological polar surface area (TPSA) is 113 Å². The van der Waals surface area contributed by atoms with E-state index in [1.54, 1.807) is 19.1 Å². The summed E-state index contributed by atoms with van der Waals surface area (Å²) in [6.45, 7) is 5.58.